The number of rotatable bonds is 5. The van der Waals surface area contributed by atoms with E-state index >= 15 is 4.39 Å². The Balaban J connectivity index is 2.36. The molecule has 4 unspecified atom stereocenters. The van der Waals surface area contributed by atoms with Crippen LogP contribution in [0, 0.1) is 5.92 Å². The van der Waals surface area contributed by atoms with Crippen molar-refractivity contribution in [3.8, 4) is 0 Å². The van der Waals surface area contributed by atoms with Crippen molar-refractivity contribution in [2.24, 2.45) is 5.92 Å². The van der Waals surface area contributed by atoms with Gasteiger partial charge in [0, 0.05) is 6.20 Å². The fourth-order valence-corrected chi connectivity index (χ4v) is 2.46. The number of carbonyl (C=O) groups excluding carboxylic acids is 1. The summed E-state index contributed by atoms with van der Waals surface area (Å²) in [5.41, 5.74) is -1.45. The molecular weight excluding hydrogens is 325 g/mol. The van der Waals surface area contributed by atoms with Gasteiger partial charge in [-0.15, -0.1) is 0 Å². The van der Waals surface area contributed by atoms with Crippen molar-refractivity contribution in [3.05, 3.63) is 22.7 Å². The van der Waals surface area contributed by atoms with Crippen molar-refractivity contribution in [2.75, 3.05) is 12.1 Å². The van der Waals surface area contributed by atoms with Crippen LogP contribution in [0.25, 0.3) is 0 Å². The molecule has 10 heteroatoms. The van der Waals surface area contributed by atoms with Crippen molar-refractivity contribution < 1.29 is 29.0 Å². The zero-order chi connectivity index (χ0) is 18.1. The molecule has 4 atom stereocenters. The highest BCUT2D eigenvalue weighted by Crippen LogP contribution is 2.42. The van der Waals surface area contributed by atoms with Crippen LogP contribution < -0.4 is 11.2 Å². The number of alkyl halides is 1. The summed E-state index contributed by atoms with van der Waals surface area (Å²) in [6.07, 6.45) is -2.79. The minimum atomic E-state index is -2.28. The van der Waals surface area contributed by atoms with Crippen molar-refractivity contribution >= 4 is 11.8 Å². The highest BCUT2D eigenvalue weighted by molar-refractivity contribution is 5.71. The predicted octanol–water partition coefficient (Wildman–Crippen LogP) is 0.230. The molecule has 0 aliphatic carbocycles. The largest absolute Gasteiger partial charge is 0.456 e. The van der Waals surface area contributed by atoms with E-state index in [2.05, 4.69) is 4.98 Å². The van der Waals surface area contributed by atoms with Crippen LogP contribution in [0.2, 0.25) is 0 Å². The van der Waals surface area contributed by atoms with Crippen LogP contribution >= 0.6 is 0 Å². The maximum Gasteiger partial charge on any atom is 0.351 e. The molecule has 1 fully saturated rings. The molecule has 2 heterocycles. The number of aliphatic hydroxyl groups excluding tert-OH is 1. The summed E-state index contributed by atoms with van der Waals surface area (Å²) in [4.78, 5) is 27.3. The number of anilines is 1. The molecule has 0 amide bonds. The molecule has 9 nitrogen and oxygen atoms in total. The van der Waals surface area contributed by atoms with Gasteiger partial charge in [-0.05, 0) is 13.0 Å². The lowest BCUT2D eigenvalue weighted by Crippen LogP contribution is -2.46. The number of hydrogen-bond acceptors (Lipinski definition) is 8. The zero-order valence-electron chi connectivity index (χ0n) is 13.5. The van der Waals surface area contributed by atoms with Crippen LogP contribution in [-0.2, 0) is 14.3 Å². The molecule has 3 N–H and O–H groups in total. The summed E-state index contributed by atoms with van der Waals surface area (Å²) < 4.78 is 26.7. The number of hydrogen-bond donors (Lipinski definition) is 3. The summed E-state index contributed by atoms with van der Waals surface area (Å²) >= 11 is 0. The van der Waals surface area contributed by atoms with E-state index in [9.17, 15) is 14.7 Å². The highest BCUT2D eigenvalue weighted by atomic mass is 19.1. The highest BCUT2D eigenvalue weighted by Gasteiger charge is 2.58. The van der Waals surface area contributed by atoms with Gasteiger partial charge in [-0.25, -0.2) is 9.18 Å². The van der Waals surface area contributed by atoms with Gasteiger partial charge in [0.1, 0.15) is 6.10 Å². The summed E-state index contributed by atoms with van der Waals surface area (Å²) in [7, 11) is 0. The maximum absolute atomic E-state index is 15.3. The summed E-state index contributed by atoms with van der Waals surface area (Å²) in [5, 5.41) is 18.1. The number of carbonyl (C=O) groups is 1. The molecule has 0 spiro atoms. The Hall–Kier alpha value is -2.04. The quantitative estimate of drug-likeness (QED) is 0.512. The first-order chi connectivity index (χ1) is 11.2. The van der Waals surface area contributed by atoms with E-state index in [1.807, 2.05) is 0 Å². The van der Waals surface area contributed by atoms with E-state index in [1.165, 1.54) is 12.3 Å². The van der Waals surface area contributed by atoms with E-state index in [0.29, 0.717) is 0 Å². The number of halogens is 1. The molecule has 1 saturated heterocycles. The SMILES string of the molecule is CC(C)C(=O)OC1C(CO)OC(n2ccc(NO)nc2=O)C1(C)F. The van der Waals surface area contributed by atoms with E-state index < -0.39 is 48.3 Å². The molecule has 1 aliphatic heterocycles. The Morgan fingerprint density at radius 2 is 2.29 bits per heavy atom. The van der Waals surface area contributed by atoms with Crippen molar-refractivity contribution in [2.45, 2.75) is 44.9 Å². The fourth-order valence-electron chi connectivity index (χ4n) is 2.46. The van der Waals surface area contributed by atoms with Crippen LogP contribution in [0.4, 0.5) is 10.2 Å². The number of aliphatic hydroxyl groups is 1. The standard InChI is InChI=1S/C14H20FN3O6/c1-7(2)11(20)24-10-8(6-19)23-12(14(10,3)15)18-5-4-9(17-22)16-13(18)21/h4-5,7-8,10,12,19,22H,6H2,1-3H3,(H,16,17,21). The second-order valence-corrected chi connectivity index (χ2v) is 5.99. The van der Waals surface area contributed by atoms with Gasteiger partial charge in [0.25, 0.3) is 0 Å². The third-order valence-electron chi connectivity index (χ3n) is 3.77. The summed E-state index contributed by atoms with van der Waals surface area (Å²) in [6.45, 7) is 3.71. The van der Waals surface area contributed by atoms with Crippen LogP contribution in [0.3, 0.4) is 0 Å². The fraction of sp³-hybridized carbons (Fsp3) is 0.643. The van der Waals surface area contributed by atoms with Gasteiger partial charge >= 0.3 is 11.7 Å². The van der Waals surface area contributed by atoms with Gasteiger partial charge in [0.2, 0.25) is 0 Å². The third kappa shape index (κ3) is 3.25. The molecule has 0 aromatic carbocycles. The molecule has 0 bridgehead atoms. The number of nitrogens with one attached hydrogen (secondary N) is 1. The van der Waals surface area contributed by atoms with E-state index in [-0.39, 0.29) is 5.82 Å². The van der Waals surface area contributed by atoms with Crippen molar-refractivity contribution in [1.82, 2.24) is 9.55 Å². The molecule has 134 valence electrons. The second-order valence-electron chi connectivity index (χ2n) is 5.99. The Morgan fingerprint density at radius 3 is 2.79 bits per heavy atom. The minimum absolute atomic E-state index is 0.115. The number of ether oxygens (including phenoxy) is 2. The van der Waals surface area contributed by atoms with Crippen LogP contribution in [-0.4, -0.2) is 50.3 Å². The summed E-state index contributed by atoms with van der Waals surface area (Å²) in [5.74, 6) is -1.24. The molecule has 0 saturated carbocycles. The Labute approximate surface area is 137 Å². The lowest BCUT2D eigenvalue weighted by molar-refractivity contribution is -0.162. The first-order valence-corrected chi connectivity index (χ1v) is 7.37. The minimum Gasteiger partial charge on any atom is -0.456 e. The van der Waals surface area contributed by atoms with Crippen LogP contribution in [0.5, 0.6) is 0 Å². The third-order valence-corrected chi connectivity index (χ3v) is 3.77. The maximum atomic E-state index is 15.3. The second kappa shape index (κ2) is 6.83. The van der Waals surface area contributed by atoms with E-state index in [4.69, 9.17) is 14.7 Å². The van der Waals surface area contributed by atoms with Gasteiger partial charge in [-0.1, -0.05) is 13.8 Å². The average Bonchev–Trinajstić information content (AvgIpc) is 2.78. The zero-order valence-corrected chi connectivity index (χ0v) is 13.5. The molecular formula is C14H20FN3O6. The van der Waals surface area contributed by atoms with Gasteiger partial charge in [-0.2, -0.15) is 4.98 Å². The number of aromatic nitrogens is 2. The van der Waals surface area contributed by atoms with Gasteiger partial charge in [0.15, 0.2) is 23.8 Å². The first kappa shape index (κ1) is 18.3. The Kier molecular flexibility index (Phi) is 5.21. The van der Waals surface area contributed by atoms with Crippen LogP contribution in [0.15, 0.2) is 17.1 Å². The predicted molar refractivity (Wildman–Crippen MR) is 79.1 cm³/mol. The molecule has 1 aromatic rings. The van der Waals surface area contributed by atoms with Gasteiger partial charge in [-0.3, -0.25) is 20.0 Å². The van der Waals surface area contributed by atoms with E-state index in [1.54, 1.807) is 19.3 Å². The summed E-state index contributed by atoms with van der Waals surface area (Å²) in [6, 6.07) is 1.24. The number of nitrogens with zero attached hydrogens (tertiary/aromatic N) is 2. The number of esters is 1. The normalized spacial score (nSPS) is 29.7. The lowest BCUT2D eigenvalue weighted by Gasteiger charge is -2.28. The average molecular weight is 345 g/mol. The topological polar surface area (TPSA) is 123 Å². The smallest absolute Gasteiger partial charge is 0.351 e. The molecule has 1 aliphatic rings. The molecule has 24 heavy (non-hydrogen) atoms. The Bertz CT molecular complexity index is 662. The van der Waals surface area contributed by atoms with Gasteiger partial charge in [0.05, 0.1) is 12.5 Å². The molecule has 1 aromatic heterocycles. The first-order valence-electron chi connectivity index (χ1n) is 7.37. The van der Waals surface area contributed by atoms with Crippen LogP contribution in [0.1, 0.15) is 27.0 Å². The van der Waals surface area contributed by atoms with Crippen molar-refractivity contribution in [3.63, 3.8) is 0 Å². The Morgan fingerprint density at radius 1 is 1.62 bits per heavy atom. The molecule has 0 radical (unpaired) electrons. The molecule has 2 rings (SSSR count). The van der Waals surface area contributed by atoms with Gasteiger partial charge < -0.3 is 14.6 Å². The monoisotopic (exact) mass is 345 g/mol. The van der Waals surface area contributed by atoms with E-state index in [0.717, 1.165) is 11.5 Å². The lowest BCUT2D eigenvalue weighted by atomic mass is 9.98. The van der Waals surface area contributed by atoms with Crippen molar-refractivity contribution in [1.29, 1.82) is 0 Å².